The average molecular weight is 496 g/mol. The van der Waals surface area contributed by atoms with Crippen molar-refractivity contribution in [3.63, 3.8) is 0 Å². The molecule has 5 rings (SSSR count). The van der Waals surface area contributed by atoms with E-state index >= 15 is 0 Å². The van der Waals surface area contributed by atoms with Gasteiger partial charge < -0.3 is 0 Å². The summed E-state index contributed by atoms with van der Waals surface area (Å²) in [5, 5.41) is 0.539. The van der Waals surface area contributed by atoms with Crippen molar-refractivity contribution in [2.24, 2.45) is 0 Å². The lowest BCUT2D eigenvalue weighted by Crippen LogP contribution is -2.53. The van der Waals surface area contributed by atoms with E-state index in [4.69, 9.17) is 11.6 Å². The lowest BCUT2D eigenvalue weighted by molar-refractivity contribution is -0.123. The summed E-state index contributed by atoms with van der Waals surface area (Å²) >= 11 is 5.95. The number of amides is 2. The van der Waals surface area contributed by atoms with Gasteiger partial charge in [-0.3, -0.25) is 19.4 Å². The van der Waals surface area contributed by atoms with Crippen molar-refractivity contribution in [1.29, 1.82) is 0 Å². The third-order valence-electron chi connectivity index (χ3n) is 6.73. The molecule has 2 amide bonds. The van der Waals surface area contributed by atoms with Gasteiger partial charge in [0.1, 0.15) is 11.6 Å². The van der Waals surface area contributed by atoms with E-state index in [-0.39, 0.29) is 35.9 Å². The van der Waals surface area contributed by atoms with Crippen LogP contribution >= 0.6 is 11.6 Å². The Balaban J connectivity index is 1.32. The number of hydrogen-bond donors (Lipinski definition) is 0. The maximum atomic E-state index is 13.6. The number of halogens is 3. The monoisotopic (exact) mass is 495 g/mol. The van der Waals surface area contributed by atoms with Gasteiger partial charge in [-0.1, -0.05) is 35.9 Å². The first-order valence-electron chi connectivity index (χ1n) is 11.5. The van der Waals surface area contributed by atoms with Crippen LogP contribution in [0.3, 0.4) is 0 Å². The Hall–Kier alpha value is -3.13. The minimum Gasteiger partial charge on any atom is -0.290 e. The number of imide groups is 1. The number of benzene rings is 3. The minimum absolute atomic E-state index is 0.140. The molecule has 180 valence electrons. The number of hydrogen-bond acceptors (Lipinski definition) is 4. The van der Waals surface area contributed by atoms with E-state index in [0.717, 1.165) is 11.1 Å². The van der Waals surface area contributed by atoms with Gasteiger partial charge in [0, 0.05) is 31.2 Å². The highest BCUT2D eigenvalue weighted by Gasteiger charge is 2.43. The number of anilines is 1. The van der Waals surface area contributed by atoms with Gasteiger partial charge in [-0.2, -0.15) is 0 Å². The van der Waals surface area contributed by atoms with Crippen molar-refractivity contribution in [3.8, 4) is 0 Å². The molecule has 2 saturated heterocycles. The summed E-state index contributed by atoms with van der Waals surface area (Å²) in [4.78, 5) is 31.4. The number of nitrogens with zero attached hydrogens (tertiary/aromatic N) is 3. The van der Waals surface area contributed by atoms with Crippen molar-refractivity contribution >= 4 is 29.1 Å². The quantitative estimate of drug-likeness (QED) is 0.483. The van der Waals surface area contributed by atoms with E-state index in [9.17, 15) is 18.4 Å². The van der Waals surface area contributed by atoms with E-state index < -0.39 is 6.04 Å². The summed E-state index contributed by atoms with van der Waals surface area (Å²) in [6.07, 6.45) is 0.140. The molecule has 0 N–H and O–H groups in total. The molecule has 0 bridgehead atoms. The van der Waals surface area contributed by atoms with Crippen LogP contribution < -0.4 is 4.90 Å². The number of carbonyl (C=O) groups is 2. The Morgan fingerprint density at radius 2 is 1.26 bits per heavy atom. The molecule has 3 aromatic rings. The van der Waals surface area contributed by atoms with Crippen LogP contribution in [0.1, 0.15) is 23.6 Å². The Bertz CT molecular complexity index is 1170. The molecule has 2 heterocycles. The highest BCUT2D eigenvalue weighted by molar-refractivity contribution is 6.30. The molecule has 0 aromatic heterocycles. The van der Waals surface area contributed by atoms with Crippen LogP contribution in [0.5, 0.6) is 0 Å². The SMILES string of the molecule is O=C1C[C@@H](N2CCN(C(c3ccc(F)cc3)c3ccc(F)cc3)CC2)C(=O)N1c1ccc(Cl)cc1. The Morgan fingerprint density at radius 1 is 0.743 bits per heavy atom. The molecule has 2 fully saturated rings. The lowest BCUT2D eigenvalue weighted by atomic mass is 9.96. The van der Waals surface area contributed by atoms with Crippen molar-refractivity contribution in [2.45, 2.75) is 18.5 Å². The van der Waals surface area contributed by atoms with Crippen molar-refractivity contribution < 1.29 is 18.4 Å². The van der Waals surface area contributed by atoms with Crippen LogP contribution in [0.25, 0.3) is 0 Å². The van der Waals surface area contributed by atoms with Crippen LogP contribution in [0.15, 0.2) is 72.8 Å². The normalized spacial score (nSPS) is 19.7. The largest absolute Gasteiger partial charge is 0.290 e. The molecule has 1 atom stereocenters. The van der Waals surface area contributed by atoms with Gasteiger partial charge in [-0.15, -0.1) is 0 Å². The number of carbonyl (C=O) groups excluding carboxylic acids is 2. The van der Waals surface area contributed by atoms with Gasteiger partial charge >= 0.3 is 0 Å². The first-order chi connectivity index (χ1) is 16.9. The molecule has 2 aliphatic heterocycles. The highest BCUT2D eigenvalue weighted by atomic mass is 35.5. The summed E-state index contributed by atoms with van der Waals surface area (Å²) in [7, 11) is 0. The van der Waals surface area contributed by atoms with Crippen LogP contribution in [0, 0.1) is 11.6 Å². The first-order valence-corrected chi connectivity index (χ1v) is 11.9. The maximum absolute atomic E-state index is 13.6. The second kappa shape index (κ2) is 9.85. The summed E-state index contributed by atoms with van der Waals surface area (Å²) < 4.78 is 27.1. The second-order valence-corrected chi connectivity index (χ2v) is 9.28. The van der Waals surface area contributed by atoms with Gasteiger partial charge in [0.15, 0.2) is 0 Å². The predicted molar refractivity (Wildman–Crippen MR) is 130 cm³/mol. The van der Waals surface area contributed by atoms with Crippen LogP contribution in [0.2, 0.25) is 5.02 Å². The van der Waals surface area contributed by atoms with E-state index in [1.807, 2.05) is 0 Å². The number of rotatable bonds is 5. The average Bonchev–Trinajstić information content (AvgIpc) is 3.16. The first kappa shape index (κ1) is 23.6. The summed E-state index contributed by atoms with van der Waals surface area (Å²) in [5.74, 6) is -1.07. The van der Waals surface area contributed by atoms with Gasteiger partial charge in [-0.25, -0.2) is 13.7 Å². The minimum atomic E-state index is -0.504. The van der Waals surface area contributed by atoms with Gasteiger partial charge in [0.25, 0.3) is 5.91 Å². The Kier molecular flexibility index (Phi) is 6.65. The van der Waals surface area contributed by atoms with Crippen molar-refractivity contribution in [1.82, 2.24) is 9.80 Å². The standard InChI is InChI=1S/C27H24ClF2N3O2/c28-20-5-11-23(12-6-20)33-25(34)17-24(27(33)35)31-13-15-32(16-14-31)26(18-1-7-21(29)8-2-18)19-3-9-22(30)10-4-19/h1-12,24,26H,13-17H2/t24-/m1/s1. The van der Waals surface area contributed by atoms with Gasteiger partial charge in [-0.05, 0) is 59.7 Å². The Labute approximate surface area is 207 Å². The summed E-state index contributed by atoms with van der Waals surface area (Å²) in [5.41, 5.74) is 2.35. The van der Waals surface area contributed by atoms with Crippen LogP contribution in [0.4, 0.5) is 14.5 Å². The zero-order chi connectivity index (χ0) is 24.5. The molecule has 0 spiro atoms. The fourth-order valence-electron chi connectivity index (χ4n) is 4.97. The zero-order valence-corrected chi connectivity index (χ0v) is 19.7. The molecule has 35 heavy (non-hydrogen) atoms. The smallest absolute Gasteiger partial charge is 0.251 e. The molecular weight excluding hydrogens is 472 g/mol. The van der Waals surface area contributed by atoms with Crippen LogP contribution in [-0.4, -0.2) is 53.8 Å². The third-order valence-corrected chi connectivity index (χ3v) is 6.99. The molecule has 0 saturated carbocycles. The van der Waals surface area contributed by atoms with Crippen molar-refractivity contribution in [3.05, 3.63) is 101 Å². The molecule has 8 heteroatoms. The van der Waals surface area contributed by atoms with Gasteiger partial charge in [0.2, 0.25) is 5.91 Å². The van der Waals surface area contributed by atoms with Gasteiger partial charge in [0.05, 0.1) is 24.2 Å². The molecule has 0 radical (unpaired) electrons. The second-order valence-electron chi connectivity index (χ2n) is 8.84. The Morgan fingerprint density at radius 3 is 1.77 bits per heavy atom. The van der Waals surface area contributed by atoms with E-state index in [1.54, 1.807) is 48.5 Å². The van der Waals surface area contributed by atoms with E-state index in [1.165, 1.54) is 29.2 Å². The molecular formula is C27H24ClF2N3O2. The summed E-state index contributed by atoms with van der Waals surface area (Å²) in [6, 6.07) is 18.7. The van der Waals surface area contributed by atoms with E-state index in [0.29, 0.717) is 36.9 Å². The lowest BCUT2D eigenvalue weighted by Gasteiger charge is -2.41. The fourth-order valence-corrected chi connectivity index (χ4v) is 5.10. The maximum Gasteiger partial charge on any atom is 0.251 e. The predicted octanol–water partition coefficient (Wildman–Crippen LogP) is 4.66. The molecule has 3 aromatic carbocycles. The van der Waals surface area contributed by atoms with Crippen LogP contribution in [-0.2, 0) is 9.59 Å². The molecule has 0 unspecified atom stereocenters. The molecule has 2 aliphatic rings. The summed E-state index contributed by atoms with van der Waals surface area (Å²) in [6.45, 7) is 2.46. The molecule has 5 nitrogen and oxygen atoms in total. The van der Waals surface area contributed by atoms with E-state index in [2.05, 4.69) is 9.80 Å². The molecule has 0 aliphatic carbocycles. The third kappa shape index (κ3) is 4.85. The fraction of sp³-hybridized carbons (Fsp3) is 0.259. The zero-order valence-electron chi connectivity index (χ0n) is 18.9. The highest BCUT2D eigenvalue weighted by Crippen LogP contribution is 2.32. The van der Waals surface area contributed by atoms with Crippen molar-refractivity contribution in [2.75, 3.05) is 31.1 Å². The number of piperazine rings is 1. The topological polar surface area (TPSA) is 43.9 Å².